The molecule has 18 heavy (non-hydrogen) atoms. The van der Waals surface area contributed by atoms with Crippen molar-refractivity contribution in [1.29, 1.82) is 0 Å². The van der Waals surface area contributed by atoms with Crippen LogP contribution in [0.5, 0.6) is 5.75 Å². The van der Waals surface area contributed by atoms with E-state index in [2.05, 4.69) is 0 Å². The quantitative estimate of drug-likeness (QED) is 0.808. The zero-order valence-electron chi connectivity index (χ0n) is 10.2. The summed E-state index contributed by atoms with van der Waals surface area (Å²) in [6, 6.07) is 5.09. The first kappa shape index (κ1) is 14.5. The number of carbonyl (C=O) groups is 1. The van der Waals surface area contributed by atoms with Crippen LogP contribution >= 0.6 is 11.6 Å². The predicted molar refractivity (Wildman–Crippen MR) is 70.1 cm³/mol. The second-order valence-electron chi connectivity index (χ2n) is 3.75. The molecule has 1 N–H and O–H groups in total. The first-order valence-electron chi connectivity index (χ1n) is 5.39. The molecular formula is C13H15ClO4. The van der Waals surface area contributed by atoms with Crippen LogP contribution in [0.3, 0.4) is 0 Å². The molecule has 0 heterocycles. The molecule has 1 atom stereocenters. The summed E-state index contributed by atoms with van der Waals surface area (Å²) in [5.41, 5.74) is 0.703. The number of carboxylic acids is 1. The van der Waals surface area contributed by atoms with Crippen molar-refractivity contribution in [3.05, 3.63) is 34.9 Å². The number of halogens is 1. The standard InChI is InChI=1S/C13H15ClO4/c1-9(8-17-2)18-12-5-3-10(7-11(12)14)4-6-13(15)16/h3-7,9H,8H2,1-2H3,(H,15,16). The van der Waals surface area contributed by atoms with Gasteiger partial charge >= 0.3 is 5.97 Å². The van der Waals surface area contributed by atoms with E-state index in [1.807, 2.05) is 6.92 Å². The molecule has 0 bridgehead atoms. The Labute approximate surface area is 111 Å². The molecule has 0 saturated heterocycles. The monoisotopic (exact) mass is 270 g/mol. The molecule has 98 valence electrons. The van der Waals surface area contributed by atoms with Crippen molar-refractivity contribution in [2.75, 3.05) is 13.7 Å². The number of rotatable bonds is 6. The number of aliphatic carboxylic acids is 1. The summed E-state index contributed by atoms with van der Waals surface area (Å²) >= 11 is 6.04. The van der Waals surface area contributed by atoms with Crippen molar-refractivity contribution in [1.82, 2.24) is 0 Å². The van der Waals surface area contributed by atoms with E-state index in [-0.39, 0.29) is 6.10 Å². The third-order valence-corrected chi connectivity index (χ3v) is 2.40. The van der Waals surface area contributed by atoms with Gasteiger partial charge in [0.25, 0.3) is 0 Å². The molecule has 5 heteroatoms. The van der Waals surface area contributed by atoms with Crippen molar-refractivity contribution >= 4 is 23.6 Å². The van der Waals surface area contributed by atoms with Gasteiger partial charge in [-0.2, -0.15) is 0 Å². The number of carboxylic acid groups (broad SMARTS) is 1. The molecule has 0 amide bonds. The van der Waals surface area contributed by atoms with Crippen LogP contribution in [0.1, 0.15) is 12.5 Å². The summed E-state index contributed by atoms with van der Waals surface area (Å²) in [5.74, 6) is -0.450. The Morgan fingerprint density at radius 3 is 2.83 bits per heavy atom. The Morgan fingerprint density at radius 1 is 1.56 bits per heavy atom. The van der Waals surface area contributed by atoms with E-state index >= 15 is 0 Å². The number of ether oxygens (including phenoxy) is 2. The van der Waals surface area contributed by atoms with Gasteiger partial charge in [0.15, 0.2) is 0 Å². The summed E-state index contributed by atoms with van der Waals surface area (Å²) < 4.78 is 10.5. The number of hydrogen-bond acceptors (Lipinski definition) is 3. The Balaban J connectivity index is 2.76. The van der Waals surface area contributed by atoms with Gasteiger partial charge in [-0.05, 0) is 30.7 Å². The lowest BCUT2D eigenvalue weighted by Crippen LogP contribution is -2.18. The van der Waals surface area contributed by atoms with E-state index in [0.29, 0.717) is 22.9 Å². The lowest BCUT2D eigenvalue weighted by Gasteiger charge is -2.14. The van der Waals surface area contributed by atoms with Gasteiger partial charge in [0, 0.05) is 13.2 Å². The van der Waals surface area contributed by atoms with Gasteiger partial charge in [-0.25, -0.2) is 4.79 Å². The predicted octanol–water partition coefficient (Wildman–Crippen LogP) is 2.85. The average molecular weight is 271 g/mol. The second-order valence-corrected chi connectivity index (χ2v) is 4.15. The van der Waals surface area contributed by atoms with Gasteiger partial charge < -0.3 is 14.6 Å². The van der Waals surface area contributed by atoms with Crippen LogP contribution in [0.15, 0.2) is 24.3 Å². The lowest BCUT2D eigenvalue weighted by atomic mass is 10.2. The van der Waals surface area contributed by atoms with Crippen LogP contribution < -0.4 is 4.74 Å². The fraction of sp³-hybridized carbons (Fsp3) is 0.308. The van der Waals surface area contributed by atoms with E-state index in [1.54, 1.807) is 25.3 Å². The number of methoxy groups -OCH3 is 1. The third-order valence-electron chi connectivity index (χ3n) is 2.10. The molecule has 0 fully saturated rings. The molecule has 0 radical (unpaired) electrons. The average Bonchev–Trinajstić information content (AvgIpc) is 2.30. The van der Waals surface area contributed by atoms with Crippen molar-refractivity contribution in [3.8, 4) is 5.75 Å². The minimum Gasteiger partial charge on any atom is -0.487 e. The first-order valence-corrected chi connectivity index (χ1v) is 5.77. The normalized spacial score (nSPS) is 12.6. The maximum absolute atomic E-state index is 10.4. The molecule has 1 aromatic rings. The van der Waals surface area contributed by atoms with Crippen molar-refractivity contribution in [3.63, 3.8) is 0 Å². The van der Waals surface area contributed by atoms with Gasteiger partial charge in [0.05, 0.1) is 11.6 Å². The van der Waals surface area contributed by atoms with Crippen LogP contribution in [-0.2, 0) is 9.53 Å². The molecule has 1 rings (SSSR count). The molecule has 1 unspecified atom stereocenters. The number of benzene rings is 1. The summed E-state index contributed by atoms with van der Waals surface area (Å²) in [4.78, 5) is 10.4. The third kappa shape index (κ3) is 4.77. The summed E-state index contributed by atoms with van der Waals surface area (Å²) in [7, 11) is 1.60. The van der Waals surface area contributed by atoms with Crippen molar-refractivity contribution in [2.45, 2.75) is 13.0 Å². The van der Waals surface area contributed by atoms with Crippen LogP contribution in [0.2, 0.25) is 5.02 Å². The largest absolute Gasteiger partial charge is 0.487 e. The van der Waals surface area contributed by atoms with Gasteiger partial charge in [-0.1, -0.05) is 17.7 Å². The number of hydrogen-bond donors (Lipinski definition) is 1. The Morgan fingerprint density at radius 2 is 2.28 bits per heavy atom. The zero-order valence-corrected chi connectivity index (χ0v) is 11.0. The molecule has 1 aromatic carbocycles. The van der Waals surface area contributed by atoms with Gasteiger partial charge in [0.2, 0.25) is 0 Å². The van der Waals surface area contributed by atoms with Gasteiger partial charge in [0.1, 0.15) is 11.9 Å². The fourth-order valence-corrected chi connectivity index (χ4v) is 1.60. The van der Waals surface area contributed by atoms with Crippen LogP contribution in [0.4, 0.5) is 0 Å². The van der Waals surface area contributed by atoms with E-state index in [1.165, 1.54) is 6.08 Å². The molecular weight excluding hydrogens is 256 g/mol. The van der Waals surface area contributed by atoms with Gasteiger partial charge in [-0.3, -0.25) is 0 Å². The summed E-state index contributed by atoms with van der Waals surface area (Å²) in [5, 5.41) is 8.95. The maximum Gasteiger partial charge on any atom is 0.328 e. The summed E-state index contributed by atoms with van der Waals surface area (Å²) in [6.45, 7) is 2.34. The molecule has 0 aromatic heterocycles. The Kier molecular flexibility index (Phi) is 5.68. The van der Waals surface area contributed by atoms with E-state index < -0.39 is 5.97 Å². The van der Waals surface area contributed by atoms with Crippen LogP contribution in [-0.4, -0.2) is 30.9 Å². The smallest absolute Gasteiger partial charge is 0.328 e. The van der Waals surface area contributed by atoms with Gasteiger partial charge in [-0.15, -0.1) is 0 Å². The van der Waals surface area contributed by atoms with Crippen LogP contribution in [0, 0.1) is 0 Å². The van der Waals surface area contributed by atoms with E-state index in [0.717, 1.165) is 6.08 Å². The van der Waals surface area contributed by atoms with Crippen LogP contribution in [0.25, 0.3) is 6.08 Å². The molecule has 0 aliphatic carbocycles. The van der Waals surface area contributed by atoms with Crippen molar-refractivity contribution in [2.24, 2.45) is 0 Å². The SMILES string of the molecule is COCC(C)Oc1ccc(C=CC(=O)O)cc1Cl. The highest BCUT2D eigenvalue weighted by Crippen LogP contribution is 2.26. The topological polar surface area (TPSA) is 55.8 Å². The Bertz CT molecular complexity index is 443. The highest BCUT2D eigenvalue weighted by molar-refractivity contribution is 6.32. The van der Waals surface area contributed by atoms with E-state index in [9.17, 15) is 4.79 Å². The molecule has 0 aliphatic rings. The first-order chi connectivity index (χ1) is 8.52. The lowest BCUT2D eigenvalue weighted by molar-refractivity contribution is -0.131. The zero-order chi connectivity index (χ0) is 13.5. The van der Waals surface area contributed by atoms with E-state index in [4.69, 9.17) is 26.2 Å². The Hall–Kier alpha value is -1.52. The highest BCUT2D eigenvalue weighted by atomic mass is 35.5. The highest BCUT2D eigenvalue weighted by Gasteiger charge is 2.07. The van der Waals surface area contributed by atoms with Crippen molar-refractivity contribution < 1.29 is 19.4 Å². The second kappa shape index (κ2) is 7.03. The molecule has 0 aliphatic heterocycles. The fourth-order valence-electron chi connectivity index (χ4n) is 1.37. The summed E-state index contributed by atoms with van der Waals surface area (Å²) in [6.07, 6.45) is 2.42. The molecule has 0 saturated carbocycles. The maximum atomic E-state index is 10.4. The molecule has 4 nitrogen and oxygen atoms in total. The minimum atomic E-state index is -1.000. The molecule has 0 spiro atoms. The minimum absolute atomic E-state index is 0.104.